The molecule has 0 amide bonds. The molecule has 0 spiro atoms. The molecule has 2 aromatic rings. The van der Waals surface area contributed by atoms with Crippen LogP contribution in [0.4, 0.5) is 5.69 Å². The number of phenols is 1. The van der Waals surface area contributed by atoms with Crippen LogP contribution >= 0.6 is 34.8 Å². The van der Waals surface area contributed by atoms with E-state index in [0.717, 1.165) is 9.26 Å². The fourth-order valence-electron chi connectivity index (χ4n) is 1.48. The van der Waals surface area contributed by atoms with Crippen molar-refractivity contribution in [3.63, 3.8) is 0 Å². The van der Waals surface area contributed by atoms with Crippen LogP contribution in [-0.4, -0.2) is 16.4 Å². The fourth-order valence-corrected chi connectivity index (χ4v) is 2.20. The molecule has 0 radical (unpaired) electrons. The van der Waals surface area contributed by atoms with E-state index in [2.05, 4.69) is 38.4 Å². The van der Waals surface area contributed by atoms with Gasteiger partial charge in [0.15, 0.2) is 5.11 Å². The normalized spacial score (nSPS) is 10.4. The van der Waals surface area contributed by atoms with Gasteiger partial charge in [0.2, 0.25) is 0 Å². The van der Waals surface area contributed by atoms with Gasteiger partial charge in [-0.3, -0.25) is 5.43 Å². The number of nitrogens with zero attached hydrogens (tertiary/aromatic N) is 1. The number of aromatic hydroxyl groups is 1. The first-order valence-corrected chi connectivity index (χ1v) is 7.27. The van der Waals surface area contributed by atoms with Crippen LogP contribution < -0.4 is 10.7 Å². The SMILES string of the molecule is Oc1ccccc1/C=N/NC(=S)Nc1cccc(I)c1. The first kappa shape index (κ1) is 14.7. The van der Waals surface area contributed by atoms with Crippen molar-refractivity contribution >= 4 is 51.8 Å². The van der Waals surface area contributed by atoms with Crippen molar-refractivity contribution in [3.05, 3.63) is 57.7 Å². The highest BCUT2D eigenvalue weighted by Crippen LogP contribution is 2.13. The quantitative estimate of drug-likeness (QED) is 0.322. The molecule has 102 valence electrons. The smallest absolute Gasteiger partial charge is 0.191 e. The Morgan fingerprint density at radius 1 is 1.20 bits per heavy atom. The van der Waals surface area contributed by atoms with Crippen LogP contribution in [-0.2, 0) is 0 Å². The number of nitrogens with one attached hydrogen (secondary N) is 2. The van der Waals surface area contributed by atoms with Gasteiger partial charge in [-0.2, -0.15) is 5.10 Å². The number of para-hydroxylation sites is 1. The van der Waals surface area contributed by atoms with Crippen molar-refractivity contribution < 1.29 is 5.11 Å². The Balaban J connectivity index is 1.91. The number of rotatable bonds is 3. The summed E-state index contributed by atoms with van der Waals surface area (Å²) in [4.78, 5) is 0. The molecule has 0 saturated carbocycles. The number of benzene rings is 2. The molecule has 3 N–H and O–H groups in total. The van der Waals surface area contributed by atoms with Gasteiger partial charge in [0.05, 0.1) is 6.21 Å². The first-order chi connectivity index (χ1) is 9.65. The van der Waals surface area contributed by atoms with Gasteiger partial charge >= 0.3 is 0 Å². The van der Waals surface area contributed by atoms with E-state index in [9.17, 15) is 5.11 Å². The maximum Gasteiger partial charge on any atom is 0.191 e. The highest BCUT2D eigenvalue weighted by atomic mass is 127. The third kappa shape index (κ3) is 4.46. The van der Waals surface area contributed by atoms with E-state index in [1.54, 1.807) is 18.2 Å². The molecule has 2 rings (SSSR count). The van der Waals surface area contributed by atoms with Crippen LogP contribution in [0, 0.1) is 3.57 Å². The van der Waals surface area contributed by atoms with E-state index in [-0.39, 0.29) is 5.75 Å². The van der Waals surface area contributed by atoms with Gasteiger partial charge < -0.3 is 10.4 Å². The lowest BCUT2D eigenvalue weighted by Crippen LogP contribution is -2.23. The second kappa shape index (κ2) is 7.20. The zero-order valence-corrected chi connectivity index (χ0v) is 13.4. The Hall–Kier alpha value is -1.67. The Kier molecular flexibility index (Phi) is 5.31. The van der Waals surface area contributed by atoms with Gasteiger partial charge in [-0.15, -0.1) is 0 Å². The summed E-state index contributed by atoms with van der Waals surface area (Å²) in [6.45, 7) is 0. The topological polar surface area (TPSA) is 56.7 Å². The summed E-state index contributed by atoms with van der Waals surface area (Å²) in [7, 11) is 0. The molecule has 2 aromatic carbocycles. The summed E-state index contributed by atoms with van der Waals surface area (Å²) in [5, 5.41) is 17.0. The number of hydrazone groups is 1. The average molecular weight is 397 g/mol. The summed E-state index contributed by atoms with van der Waals surface area (Å²) in [6.07, 6.45) is 1.51. The molecular formula is C14H12IN3OS. The van der Waals surface area contributed by atoms with Crippen LogP contribution in [0.3, 0.4) is 0 Å². The van der Waals surface area contributed by atoms with Gasteiger partial charge in [0.25, 0.3) is 0 Å². The van der Waals surface area contributed by atoms with E-state index in [0.29, 0.717) is 10.7 Å². The minimum absolute atomic E-state index is 0.176. The number of thiocarbonyl (C=S) groups is 1. The number of phenolic OH excluding ortho intramolecular Hbond substituents is 1. The highest BCUT2D eigenvalue weighted by Gasteiger charge is 1.97. The van der Waals surface area contributed by atoms with Crippen molar-refractivity contribution in [2.75, 3.05) is 5.32 Å². The molecule has 6 heteroatoms. The monoisotopic (exact) mass is 397 g/mol. The molecule has 0 aromatic heterocycles. The van der Waals surface area contributed by atoms with E-state index < -0.39 is 0 Å². The van der Waals surface area contributed by atoms with Crippen molar-refractivity contribution in [1.29, 1.82) is 0 Å². The number of anilines is 1. The number of hydrogen-bond donors (Lipinski definition) is 3. The molecular weight excluding hydrogens is 385 g/mol. The summed E-state index contributed by atoms with van der Waals surface area (Å²) in [6, 6.07) is 14.8. The van der Waals surface area contributed by atoms with Crippen molar-refractivity contribution in [2.24, 2.45) is 5.10 Å². The zero-order chi connectivity index (χ0) is 14.4. The lowest BCUT2D eigenvalue weighted by atomic mass is 10.2. The minimum Gasteiger partial charge on any atom is -0.507 e. The minimum atomic E-state index is 0.176. The average Bonchev–Trinajstić information content (AvgIpc) is 2.41. The second-order valence-corrected chi connectivity index (χ2v) is 5.55. The standard InChI is InChI=1S/C14H12IN3OS/c15-11-5-3-6-12(8-11)17-14(20)18-16-9-10-4-1-2-7-13(10)19/h1-9,19H,(H2,17,18,20)/b16-9+. The van der Waals surface area contributed by atoms with Crippen LogP contribution in [0.15, 0.2) is 53.6 Å². The van der Waals surface area contributed by atoms with Crippen LogP contribution in [0.2, 0.25) is 0 Å². The molecule has 20 heavy (non-hydrogen) atoms. The van der Waals surface area contributed by atoms with E-state index in [4.69, 9.17) is 12.2 Å². The van der Waals surface area contributed by atoms with Crippen LogP contribution in [0.5, 0.6) is 5.75 Å². The third-order valence-corrected chi connectivity index (χ3v) is 3.25. The molecule has 0 aliphatic carbocycles. The third-order valence-electron chi connectivity index (χ3n) is 2.39. The Morgan fingerprint density at radius 2 is 2.00 bits per heavy atom. The van der Waals surface area contributed by atoms with Crippen LogP contribution in [0.25, 0.3) is 0 Å². The zero-order valence-electron chi connectivity index (χ0n) is 10.4. The maximum absolute atomic E-state index is 9.57. The van der Waals surface area contributed by atoms with Crippen molar-refractivity contribution in [2.45, 2.75) is 0 Å². The predicted octanol–water partition coefficient (Wildman–Crippen LogP) is 3.32. The van der Waals surface area contributed by atoms with E-state index >= 15 is 0 Å². The van der Waals surface area contributed by atoms with Gasteiger partial charge in [0, 0.05) is 14.8 Å². The molecule has 0 fully saturated rings. The summed E-state index contributed by atoms with van der Waals surface area (Å²) in [5.41, 5.74) is 4.22. The number of hydrogen-bond acceptors (Lipinski definition) is 3. The van der Waals surface area contributed by atoms with Gasteiger partial charge in [-0.1, -0.05) is 18.2 Å². The summed E-state index contributed by atoms with van der Waals surface area (Å²) >= 11 is 7.36. The maximum atomic E-state index is 9.57. The summed E-state index contributed by atoms with van der Waals surface area (Å²) < 4.78 is 1.12. The number of halogens is 1. The molecule has 4 nitrogen and oxygen atoms in total. The predicted molar refractivity (Wildman–Crippen MR) is 94.2 cm³/mol. The lowest BCUT2D eigenvalue weighted by Gasteiger charge is -2.07. The first-order valence-electron chi connectivity index (χ1n) is 5.79. The van der Waals surface area contributed by atoms with E-state index in [1.807, 2.05) is 30.3 Å². The molecule has 0 unspecified atom stereocenters. The molecule has 0 bridgehead atoms. The molecule has 0 heterocycles. The van der Waals surface area contributed by atoms with Crippen LogP contribution in [0.1, 0.15) is 5.56 Å². The molecule has 0 saturated heterocycles. The largest absolute Gasteiger partial charge is 0.507 e. The molecule has 0 aliphatic rings. The van der Waals surface area contributed by atoms with Gasteiger partial charge in [-0.25, -0.2) is 0 Å². The van der Waals surface area contributed by atoms with Crippen molar-refractivity contribution in [1.82, 2.24) is 5.43 Å². The Morgan fingerprint density at radius 3 is 2.75 bits per heavy atom. The Bertz CT molecular complexity index is 646. The van der Waals surface area contributed by atoms with Crippen molar-refractivity contribution in [3.8, 4) is 5.75 Å². The Labute approximate surface area is 136 Å². The molecule has 0 aliphatic heterocycles. The lowest BCUT2D eigenvalue weighted by molar-refractivity contribution is 0.474. The molecule has 0 atom stereocenters. The highest BCUT2D eigenvalue weighted by molar-refractivity contribution is 14.1. The summed E-state index contributed by atoms with van der Waals surface area (Å²) in [5.74, 6) is 0.176. The van der Waals surface area contributed by atoms with Gasteiger partial charge in [-0.05, 0) is 65.1 Å². The van der Waals surface area contributed by atoms with E-state index in [1.165, 1.54) is 6.21 Å². The fraction of sp³-hybridized carbons (Fsp3) is 0. The van der Waals surface area contributed by atoms with Gasteiger partial charge in [0.1, 0.15) is 5.75 Å². The second-order valence-electron chi connectivity index (χ2n) is 3.89.